The number of carbonyl (C=O) groups is 2. The van der Waals surface area contributed by atoms with Gasteiger partial charge in [-0.3, -0.25) is 9.59 Å². The van der Waals surface area contributed by atoms with Crippen LogP contribution >= 0.6 is 11.6 Å². The molecule has 1 atom stereocenters. The van der Waals surface area contributed by atoms with E-state index in [0.29, 0.717) is 25.8 Å². The summed E-state index contributed by atoms with van der Waals surface area (Å²) in [6.07, 6.45) is 2.70. The molecular weight excluding hydrogens is 481 g/mol. The number of hydrogen-bond donors (Lipinski definition) is 1. The average Bonchev–Trinajstić information content (AvgIpc) is 3.16. The van der Waals surface area contributed by atoms with E-state index in [4.69, 9.17) is 16.3 Å². The van der Waals surface area contributed by atoms with Crippen LogP contribution in [0, 0.1) is 5.82 Å². The molecule has 5 nitrogen and oxygen atoms in total. The van der Waals surface area contributed by atoms with E-state index in [2.05, 4.69) is 0 Å². The van der Waals surface area contributed by atoms with Gasteiger partial charge in [0, 0.05) is 19.4 Å². The van der Waals surface area contributed by atoms with Gasteiger partial charge in [0.2, 0.25) is 5.91 Å². The van der Waals surface area contributed by atoms with Crippen molar-refractivity contribution >= 4 is 23.5 Å². The minimum atomic E-state index is -1.03. The molecule has 0 bridgehead atoms. The SMILES string of the molecule is C[C@@]1(Cc2ccc(Cl)c(F)c2)Cc2cc(CC(=O)N(CCCc3ccccc3)CC(=O)O)ccc2O1. The van der Waals surface area contributed by atoms with Gasteiger partial charge >= 0.3 is 5.97 Å². The van der Waals surface area contributed by atoms with E-state index in [-0.39, 0.29) is 23.9 Å². The van der Waals surface area contributed by atoms with Crippen molar-refractivity contribution < 1.29 is 23.8 Å². The molecule has 4 rings (SSSR count). The maximum absolute atomic E-state index is 13.9. The van der Waals surface area contributed by atoms with Crippen LogP contribution in [-0.2, 0) is 35.3 Å². The van der Waals surface area contributed by atoms with Crippen LogP contribution in [-0.4, -0.2) is 40.6 Å². The number of aliphatic carboxylic acids is 1. The fraction of sp³-hybridized carbons (Fsp3) is 0.310. The van der Waals surface area contributed by atoms with Crippen molar-refractivity contribution in [2.45, 2.75) is 44.6 Å². The molecule has 36 heavy (non-hydrogen) atoms. The summed E-state index contributed by atoms with van der Waals surface area (Å²) in [5, 5.41) is 9.40. The van der Waals surface area contributed by atoms with Crippen molar-refractivity contribution in [3.63, 3.8) is 0 Å². The highest BCUT2D eigenvalue weighted by atomic mass is 35.5. The average molecular weight is 510 g/mol. The second-order valence-electron chi connectivity index (χ2n) is 9.57. The summed E-state index contributed by atoms with van der Waals surface area (Å²) in [5.41, 5.74) is 3.19. The van der Waals surface area contributed by atoms with Gasteiger partial charge in [0.05, 0.1) is 11.4 Å². The van der Waals surface area contributed by atoms with Gasteiger partial charge in [0.1, 0.15) is 23.7 Å². The molecule has 3 aromatic carbocycles. The summed E-state index contributed by atoms with van der Waals surface area (Å²) in [7, 11) is 0. The third-order valence-corrected chi connectivity index (χ3v) is 6.68. The number of rotatable bonds is 10. The maximum Gasteiger partial charge on any atom is 0.323 e. The van der Waals surface area contributed by atoms with Crippen molar-refractivity contribution in [1.29, 1.82) is 0 Å². The Morgan fingerprint density at radius 2 is 1.81 bits per heavy atom. The molecular formula is C29H29ClFNO4. The van der Waals surface area contributed by atoms with Gasteiger partial charge in [-0.05, 0) is 60.2 Å². The molecule has 0 aromatic heterocycles. The topological polar surface area (TPSA) is 66.8 Å². The van der Waals surface area contributed by atoms with Crippen LogP contribution in [0.2, 0.25) is 5.02 Å². The van der Waals surface area contributed by atoms with Crippen LogP contribution < -0.4 is 4.74 Å². The molecule has 1 aliphatic rings. The molecule has 3 aromatic rings. The van der Waals surface area contributed by atoms with Crippen LogP contribution in [0.1, 0.15) is 35.6 Å². The summed E-state index contributed by atoms with van der Waals surface area (Å²) >= 11 is 5.80. The molecule has 7 heteroatoms. The van der Waals surface area contributed by atoms with Crippen molar-refractivity contribution in [3.8, 4) is 5.75 Å². The fourth-order valence-corrected chi connectivity index (χ4v) is 4.84. The Labute approximate surface area is 215 Å². The standard InChI is InChI=1S/C29H29ClFNO4/c1-29(17-22-9-11-24(30)25(31)15-22)18-23-14-21(10-12-26(23)36-29)16-27(33)32(19-28(34)35)13-5-8-20-6-3-2-4-7-20/h2-4,6-7,9-12,14-15H,5,8,13,16-19H2,1H3,(H,34,35)/t29-/m1/s1. The number of carboxylic acid groups (broad SMARTS) is 1. The number of carbonyl (C=O) groups excluding carboxylic acids is 1. The Morgan fingerprint density at radius 1 is 1.06 bits per heavy atom. The second-order valence-corrected chi connectivity index (χ2v) is 9.98. The number of benzene rings is 3. The first-order valence-corrected chi connectivity index (χ1v) is 12.4. The molecule has 1 N–H and O–H groups in total. The molecule has 0 unspecified atom stereocenters. The van der Waals surface area contributed by atoms with Gasteiger partial charge in [-0.25, -0.2) is 4.39 Å². The number of halogens is 2. The predicted molar refractivity (Wildman–Crippen MR) is 137 cm³/mol. The molecule has 1 heterocycles. The molecule has 1 aliphatic heterocycles. The van der Waals surface area contributed by atoms with Gasteiger partial charge in [0.25, 0.3) is 0 Å². The van der Waals surface area contributed by atoms with Crippen LogP contribution in [0.5, 0.6) is 5.75 Å². The Kier molecular flexibility index (Phi) is 7.94. The summed E-state index contributed by atoms with van der Waals surface area (Å²) < 4.78 is 20.1. The van der Waals surface area contributed by atoms with E-state index in [1.165, 1.54) is 11.0 Å². The lowest BCUT2D eigenvalue weighted by Crippen LogP contribution is -2.37. The van der Waals surface area contributed by atoms with Crippen molar-refractivity contribution in [2.75, 3.05) is 13.1 Å². The number of hydrogen-bond acceptors (Lipinski definition) is 3. The summed E-state index contributed by atoms with van der Waals surface area (Å²) in [6, 6.07) is 20.3. The first-order chi connectivity index (χ1) is 17.2. The zero-order chi connectivity index (χ0) is 25.7. The zero-order valence-electron chi connectivity index (χ0n) is 20.2. The summed E-state index contributed by atoms with van der Waals surface area (Å²) in [5.74, 6) is -0.958. The lowest BCUT2D eigenvalue weighted by atomic mass is 9.91. The number of nitrogens with zero attached hydrogens (tertiary/aromatic N) is 1. The Morgan fingerprint density at radius 3 is 2.53 bits per heavy atom. The number of carboxylic acids is 1. The van der Waals surface area contributed by atoms with E-state index in [0.717, 1.165) is 34.4 Å². The smallest absolute Gasteiger partial charge is 0.323 e. The number of fused-ring (bicyclic) bond motifs is 1. The highest BCUT2D eigenvalue weighted by molar-refractivity contribution is 6.30. The molecule has 0 fully saturated rings. The number of amides is 1. The van der Waals surface area contributed by atoms with Crippen molar-refractivity contribution in [2.24, 2.45) is 0 Å². The molecule has 0 aliphatic carbocycles. The lowest BCUT2D eigenvalue weighted by Gasteiger charge is -2.24. The molecule has 1 amide bonds. The van der Waals surface area contributed by atoms with Crippen molar-refractivity contribution in [1.82, 2.24) is 4.90 Å². The number of aryl methyl sites for hydroxylation is 1. The zero-order valence-corrected chi connectivity index (χ0v) is 20.9. The van der Waals surface area contributed by atoms with Gasteiger partial charge in [-0.15, -0.1) is 0 Å². The quantitative estimate of drug-likeness (QED) is 0.391. The lowest BCUT2D eigenvalue weighted by molar-refractivity contribution is -0.144. The first kappa shape index (κ1) is 25.7. The molecule has 0 saturated heterocycles. The molecule has 188 valence electrons. The Hall–Kier alpha value is -3.38. The molecule has 0 saturated carbocycles. The van der Waals surface area contributed by atoms with E-state index < -0.39 is 17.4 Å². The summed E-state index contributed by atoms with van der Waals surface area (Å²) in [6.45, 7) is 2.03. The monoisotopic (exact) mass is 509 g/mol. The second kappa shape index (κ2) is 11.1. The van der Waals surface area contributed by atoms with Crippen LogP contribution in [0.4, 0.5) is 4.39 Å². The third-order valence-electron chi connectivity index (χ3n) is 6.38. The van der Waals surface area contributed by atoms with E-state index in [9.17, 15) is 19.1 Å². The molecule has 0 radical (unpaired) electrons. The van der Waals surface area contributed by atoms with Crippen LogP contribution in [0.3, 0.4) is 0 Å². The van der Waals surface area contributed by atoms with E-state index in [1.54, 1.807) is 12.1 Å². The fourth-order valence-electron chi connectivity index (χ4n) is 4.73. The highest BCUT2D eigenvalue weighted by Crippen LogP contribution is 2.38. The van der Waals surface area contributed by atoms with Crippen molar-refractivity contribution in [3.05, 3.63) is 99.8 Å². The van der Waals surface area contributed by atoms with Crippen LogP contribution in [0.15, 0.2) is 66.7 Å². The third kappa shape index (κ3) is 6.64. The number of ether oxygens (including phenoxy) is 1. The van der Waals surface area contributed by atoms with Crippen LogP contribution in [0.25, 0.3) is 0 Å². The van der Waals surface area contributed by atoms with Gasteiger partial charge < -0.3 is 14.7 Å². The van der Waals surface area contributed by atoms with E-state index in [1.807, 2.05) is 55.5 Å². The van der Waals surface area contributed by atoms with Gasteiger partial charge in [0.15, 0.2) is 0 Å². The van der Waals surface area contributed by atoms with Gasteiger partial charge in [-0.1, -0.05) is 60.1 Å². The normalized spacial score (nSPS) is 16.3. The minimum absolute atomic E-state index is 0.0887. The summed E-state index contributed by atoms with van der Waals surface area (Å²) in [4.78, 5) is 25.8. The molecule has 0 spiro atoms. The first-order valence-electron chi connectivity index (χ1n) is 12.0. The van der Waals surface area contributed by atoms with Gasteiger partial charge in [-0.2, -0.15) is 0 Å². The Bertz CT molecular complexity index is 1250. The minimum Gasteiger partial charge on any atom is -0.487 e. The predicted octanol–water partition coefficient (Wildman–Crippen LogP) is 5.50. The largest absolute Gasteiger partial charge is 0.487 e. The maximum atomic E-state index is 13.9. The highest BCUT2D eigenvalue weighted by Gasteiger charge is 2.35. The van der Waals surface area contributed by atoms with E-state index >= 15 is 0 Å². The Balaban J connectivity index is 1.38.